The van der Waals surface area contributed by atoms with Gasteiger partial charge in [0.15, 0.2) is 0 Å². The smallest absolute Gasteiger partial charge is 0.142 e. The fourth-order valence-electron chi connectivity index (χ4n) is 1.08. The van der Waals surface area contributed by atoms with Gasteiger partial charge in [0.05, 0.1) is 5.56 Å². The Morgan fingerprint density at radius 1 is 1.38 bits per heavy atom. The Labute approximate surface area is 75.1 Å². The number of nitrogen functional groups attached to an aromatic ring is 1. The Bertz CT molecular complexity index is 406. The van der Waals surface area contributed by atoms with Gasteiger partial charge in [0.2, 0.25) is 0 Å². The molecule has 5 nitrogen and oxygen atoms in total. The minimum absolute atomic E-state index is 0.447. The minimum Gasteiger partial charge on any atom is -0.383 e. The molecule has 0 aliphatic rings. The van der Waals surface area contributed by atoms with Gasteiger partial charge >= 0.3 is 0 Å². The summed E-state index contributed by atoms with van der Waals surface area (Å²) in [6.07, 6.45) is 5.06. The summed E-state index contributed by atoms with van der Waals surface area (Å²) in [7, 11) is 0. The lowest BCUT2D eigenvalue weighted by molar-refractivity contribution is 1.06. The number of imidazole rings is 1. The summed E-state index contributed by atoms with van der Waals surface area (Å²) in [6, 6.07) is 0. The fourth-order valence-corrected chi connectivity index (χ4v) is 1.08. The van der Waals surface area contributed by atoms with E-state index < -0.39 is 0 Å². The molecule has 0 atom stereocenters. The number of aromatic amines is 1. The van der Waals surface area contributed by atoms with Crippen molar-refractivity contribution in [2.75, 3.05) is 5.73 Å². The maximum atomic E-state index is 5.70. The standard InChI is InChI=1S/C8H9N5/c1-5-12-4-6(7(9)13-5)8-10-2-3-11-8/h2-4H,1H3,(H,10,11)(H2,9,12,13). The third-order valence-corrected chi connectivity index (χ3v) is 1.69. The molecule has 0 unspecified atom stereocenters. The average molecular weight is 175 g/mol. The average Bonchev–Trinajstić information content (AvgIpc) is 2.56. The number of anilines is 1. The van der Waals surface area contributed by atoms with E-state index in [1.165, 1.54) is 0 Å². The highest BCUT2D eigenvalue weighted by atomic mass is 15.0. The highest BCUT2D eigenvalue weighted by molar-refractivity contribution is 5.66. The van der Waals surface area contributed by atoms with Gasteiger partial charge in [-0.3, -0.25) is 0 Å². The van der Waals surface area contributed by atoms with Crippen LogP contribution < -0.4 is 5.73 Å². The van der Waals surface area contributed by atoms with Crippen LogP contribution in [0.2, 0.25) is 0 Å². The zero-order valence-electron chi connectivity index (χ0n) is 7.15. The number of H-pyrrole nitrogens is 1. The molecule has 0 aliphatic heterocycles. The number of hydrogen-bond acceptors (Lipinski definition) is 4. The van der Waals surface area contributed by atoms with Gasteiger partial charge in [-0.05, 0) is 6.92 Å². The van der Waals surface area contributed by atoms with Crippen molar-refractivity contribution in [2.45, 2.75) is 6.92 Å². The van der Waals surface area contributed by atoms with Crippen molar-refractivity contribution in [2.24, 2.45) is 0 Å². The normalized spacial score (nSPS) is 10.2. The van der Waals surface area contributed by atoms with Crippen LogP contribution in [-0.4, -0.2) is 19.9 Å². The molecule has 0 aliphatic carbocycles. The fraction of sp³-hybridized carbons (Fsp3) is 0.125. The molecule has 0 amide bonds. The third-order valence-electron chi connectivity index (χ3n) is 1.69. The summed E-state index contributed by atoms with van der Waals surface area (Å²) in [4.78, 5) is 15.1. The van der Waals surface area contributed by atoms with E-state index in [9.17, 15) is 0 Å². The molecule has 13 heavy (non-hydrogen) atoms. The van der Waals surface area contributed by atoms with Crippen LogP contribution in [-0.2, 0) is 0 Å². The van der Waals surface area contributed by atoms with Gasteiger partial charge in [0, 0.05) is 18.6 Å². The summed E-state index contributed by atoms with van der Waals surface area (Å²) in [5.41, 5.74) is 6.43. The van der Waals surface area contributed by atoms with Crippen LogP contribution in [0.4, 0.5) is 5.82 Å². The highest BCUT2D eigenvalue weighted by Gasteiger charge is 2.05. The molecular weight excluding hydrogens is 166 g/mol. The van der Waals surface area contributed by atoms with E-state index in [2.05, 4.69) is 19.9 Å². The molecular formula is C8H9N5. The quantitative estimate of drug-likeness (QED) is 0.670. The van der Waals surface area contributed by atoms with Crippen LogP contribution >= 0.6 is 0 Å². The first-order valence-corrected chi connectivity index (χ1v) is 3.86. The highest BCUT2D eigenvalue weighted by Crippen LogP contribution is 2.18. The first kappa shape index (κ1) is 7.72. The van der Waals surface area contributed by atoms with Gasteiger partial charge in [-0.2, -0.15) is 0 Å². The van der Waals surface area contributed by atoms with Crippen LogP contribution in [0, 0.1) is 6.92 Å². The lowest BCUT2D eigenvalue weighted by atomic mass is 10.3. The van der Waals surface area contributed by atoms with Crippen molar-refractivity contribution in [1.82, 2.24) is 19.9 Å². The molecule has 2 aromatic rings. The Morgan fingerprint density at radius 3 is 2.85 bits per heavy atom. The van der Waals surface area contributed by atoms with Crippen molar-refractivity contribution < 1.29 is 0 Å². The van der Waals surface area contributed by atoms with Crippen LogP contribution in [0.1, 0.15) is 5.82 Å². The van der Waals surface area contributed by atoms with E-state index in [-0.39, 0.29) is 0 Å². The molecule has 2 heterocycles. The molecule has 0 saturated carbocycles. The Hall–Kier alpha value is -1.91. The first-order chi connectivity index (χ1) is 6.27. The van der Waals surface area contributed by atoms with Gasteiger partial charge < -0.3 is 10.7 Å². The summed E-state index contributed by atoms with van der Waals surface area (Å²) in [6.45, 7) is 1.79. The van der Waals surface area contributed by atoms with E-state index in [1.807, 2.05) is 0 Å². The number of rotatable bonds is 1. The number of hydrogen-bond donors (Lipinski definition) is 2. The number of nitrogens with one attached hydrogen (secondary N) is 1. The maximum absolute atomic E-state index is 5.70. The van der Waals surface area contributed by atoms with Crippen LogP contribution in [0.3, 0.4) is 0 Å². The molecule has 66 valence electrons. The van der Waals surface area contributed by atoms with Gasteiger partial charge in [-0.1, -0.05) is 0 Å². The number of nitrogens with two attached hydrogens (primary N) is 1. The predicted octanol–water partition coefficient (Wildman–Crippen LogP) is 0.757. The van der Waals surface area contributed by atoms with E-state index in [1.54, 1.807) is 25.5 Å². The zero-order chi connectivity index (χ0) is 9.26. The summed E-state index contributed by atoms with van der Waals surface area (Å²) < 4.78 is 0. The molecule has 2 aromatic heterocycles. The SMILES string of the molecule is Cc1ncc(-c2ncc[nH]2)c(N)n1. The lowest BCUT2D eigenvalue weighted by Crippen LogP contribution is -1.98. The Kier molecular flexibility index (Phi) is 1.70. The molecule has 0 saturated heterocycles. The molecule has 2 rings (SSSR count). The maximum Gasteiger partial charge on any atom is 0.142 e. The van der Waals surface area contributed by atoms with E-state index >= 15 is 0 Å². The second-order valence-electron chi connectivity index (χ2n) is 2.65. The zero-order valence-corrected chi connectivity index (χ0v) is 7.15. The van der Waals surface area contributed by atoms with Gasteiger partial charge in [0.25, 0.3) is 0 Å². The molecule has 0 aromatic carbocycles. The number of aryl methyl sites for hydroxylation is 1. The molecule has 0 fully saturated rings. The largest absolute Gasteiger partial charge is 0.383 e. The number of aromatic nitrogens is 4. The van der Waals surface area contributed by atoms with Gasteiger partial charge in [0.1, 0.15) is 17.5 Å². The van der Waals surface area contributed by atoms with Crippen LogP contribution in [0.5, 0.6) is 0 Å². The van der Waals surface area contributed by atoms with Gasteiger partial charge in [-0.15, -0.1) is 0 Å². The van der Waals surface area contributed by atoms with Crippen molar-refractivity contribution >= 4 is 5.82 Å². The van der Waals surface area contributed by atoms with E-state index in [0.29, 0.717) is 17.5 Å². The van der Waals surface area contributed by atoms with Crippen molar-refractivity contribution in [3.05, 3.63) is 24.4 Å². The molecule has 5 heteroatoms. The molecule has 0 radical (unpaired) electrons. The minimum atomic E-state index is 0.447. The molecule has 0 bridgehead atoms. The molecule has 0 spiro atoms. The second kappa shape index (κ2) is 2.85. The van der Waals surface area contributed by atoms with Crippen molar-refractivity contribution in [3.8, 4) is 11.4 Å². The second-order valence-corrected chi connectivity index (χ2v) is 2.65. The predicted molar refractivity (Wildman–Crippen MR) is 48.8 cm³/mol. The van der Waals surface area contributed by atoms with Crippen molar-refractivity contribution in [3.63, 3.8) is 0 Å². The lowest BCUT2D eigenvalue weighted by Gasteiger charge is -2.00. The van der Waals surface area contributed by atoms with Crippen LogP contribution in [0.15, 0.2) is 18.6 Å². The topological polar surface area (TPSA) is 80.5 Å². The Morgan fingerprint density at radius 2 is 2.23 bits per heavy atom. The third kappa shape index (κ3) is 1.35. The van der Waals surface area contributed by atoms with Crippen molar-refractivity contribution in [1.29, 1.82) is 0 Å². The van der Waals surface area contributed by atoms with Crippen LogP contribution in [0.25, 0.3) is 11.4 Å². The Balaban J connectivity index is 2.53. The van der Waals surface area contributed by atoms with Gasteiger partial charge in [-0.25, -0.2) is 15.0 Å². The molecule has 3 N–H and O–H groups in total. The number of nitrogens with zero attached hydrogens (tertiary/aromatic N) is 3. The van der Waals surface area contributed by atoms with E-state index in [4.69, 9.17) is 5.73 Å². The summed E-state index contributed by atoms with van der Waals surface area (Å²) in [5, 5.41) is 0. The first-order valence-electron chi connectivity index (χ1n) is 3.86. The summed E-state index contributed by atoms with van der Waals surface area (Å²) in [5.74, 6) is 1.80. The summed E-state index contributed by atoms with van der Waals surface area (Å²) >= 11 is 0. The van der Waals surface area contributed by atoms with E-state index in [0.717, 1.165) is 5.56 Å². The monoisotopic (exact) mass is 175 g/mol.